The first-order valence-electron chi connectivity index (χ1n) is 5.91. The second-order valence-electron chi connectivity index (χ2n) is 4.90. The first-order chi connectivity index (χ1) is 7.16. The van der Waals surface area contributed by atoms with Crippen LogP contribution in [0.1, 0.15) is 26.7 Å². The number of rotatable bonds is 3. The van der Waals surface area contributed by atoms with E-state index >= 15 is 0 Å². The zero-order valence-corrected chi connectivity index (χ0v) is 9.71. The molecule has 0 bridgehead atoms. The third kappa shape index (κ3) is 3.41. The van der Waals surface area contributed by atoms with Gasteiger partial charge in [-0.3, -0.25) is 0 Å². The lowest BCUT2D eigenvalue weighted by Gasteiger charge is -2.25. The minimum Gasteiger partial charge on any atom is -0.348 e. The van der Waals surface area contributed by atoms with E-state index in [1.54, 1.807) is 0 Å². The maximum atomic E-state index is 5.73. The van der Waals surface area contributed by atoms with Gasteiger partial charge in [-0.1, -0.05) is 0 Å². The fourth-order valence-electron chi connectivity index (χ4n) is 2.19. The lowest BCUT2D eigenvalue weighted by Crippen LogP contribution is -2.46. The third-order valence-electron chi connectivity index (χ3n) is 3.00. The summed E-state index contributed by atoms with van der Waals surface area (Å²) in [7, 11) is 0. The lowest BCUT2D eigenvalue weighted by atomic mass is 10.1. The molecule has 2 heterocycles. The van der Waals surface area contributed by atoms with E-state index in [0.717, 1.165) is 19.6 Å². The first kappa shape index (κ1) is 11.3. The Hall–Kier alpha value is -0.160. The van der Waals surface area contributed by atoms with Gasteiger partial charge in [0.05, 0.1) is 12.7 Å². The molecule has 0 amide bonds. The van der Waals surface area contributed by atoms with E-state index in [1.807, 2.05) is 13.8 Å². The van der Waals surface area contributed by atoms with Crippen molar-refractivity contribution in [2.75, 3.05) is 26.2 Å². The van der Waals surface area contributed by atoms with E-state index in [9.17, 15) is 0 Å². The van der Waals surface area contributed by atoms with E-state index in [4.69, 9.17) is 9.47 Å². The molecule has 0 radical (unpaired) electrons. The standard InChI is InChI=1S/C11H22N2O2/c1-11(2)14-8-10(15-11)7-13-9-4-3-5-12-6-9/h9-10,12-13H,3-8H2,1-2H3. The molecule has 4 heteroatoms. The normalized spacial score (nSPS) is 35.6. The Bertz CT molecular complexity index is 203. The van der Waals surface area contributed by atoms with Crippen molar-refractivity contribution in [3.63, 3.8) is 0 Å². The van der Waals surface area contributed by atoms with Gasteiger partial charge < -0.3 is 20.1 Å². The second-order valence-corrected chi connectivity index (χ2v) is 4.90. The van der Waals surface area contributed by atoms with Crippen LogP contribution in [0.15, 0.2) is 0 Å². The van der Waals surface area contributed by atoms with Gasteiger partial charge in [0.1, 0.15) is 0 Å². The van der Waals surface area contributed by atoms with Crippen LogP contribution in [0.5, 0.6) is 0 Å². The van der Waals surface area contributed by atoms with Crippen LogP contribution < -0.4 is 10.6 Å². The number of piperidine rings is 1. The third-order valence-corrected chi connectivity index (χ3v) is 3.00. The van der Waals surface area contributed by atoms with Gasteiger partial charge in [-0.15, -0.1) is 0 Å². The number of hydrogen-bond donors (Lipinski definition) is 2. The van der Waals surface area contributed by atoms with E-state index in [1.165, 1.54) is 12.8 Å². The Balaban J connectivity index is 1.65. The molecular weight excluding hydrogens is 192 g/mol. The fraction of sp³-hybridized carbons (Fsp3) is 1.00. The molecule has 2 rings (SSSR count). The molecule has 0 spiro atoms. The van der Waals surface area contributed by atoms with Crippen molar-refractivity contribution in [1.82, 2.24) is 10.6 Å². The Morgan fingerprint density at radius 3 is 2.93 bits per heavy atom. The number of hydrogen-bond acceptors (Lipinski definition) is 4. The van der Waals surface area contributed by atoms with Gasteiger partial charge in [0, 0.05) is 19.1 Å². The topological polar surface area (TPSA) is 42.5 Å². The molecule has 2 aliphatic heterocycles. The zero-order valence-electron chi connectivity index (χ0n) is 9.71. The van der Waals surface area contributed by atoms with Crippen molar-refractivity contribution in [3.8, 4) is 0 Å². The molecule has 2 N–H and O–H groups in total. The summed E-state index contributed by atoms with van der Waals surface area (Å²) in [6.07, 6.45) is 2.75. The quantitative estimate of drug-likeness (QED) is 0.717. The average molecular weight is 214 g/mol. The van der Waals surface area contributed by atoms with Crippen LogP contribution in [0.2, 0.25) is 0 Å². The maximum Gasteiger partial charge on any atom is 0.163 e. The van der Waals surface area contributed by atoms with Gasteiger partial charge >= 0.3 is 0 Å². The summed E-state index contributed by atoms with van der Waals surface area (Å²) >= 11 is 0. The summed E-state index contributed by atoms with van der Waals surface area (Å²) in [5, 5.41) is 6.93. The van der Waals surface area contributed by atoms with Gasteiger partial charge in [0.25, 0.3) is 0 Å². The SMILES string of the molecule is CC1(C)OCC(CNC2CCCNC2)O1. The van der Waals surface area contributed by atoms with Gasteiger partial charge in [-0.05, 0) is 33.2 Å². The van der Waals surface area contributed by atoms with Crippen LogP contribution in [0.3, 0.4) is 0 Å². The minimum atomic E-state index is -0.392. The monoisotopic (exact) mass is 214 g/mol. The van der Waals surface area contributed by atoms with Gasteiger partial charge in [0.15, 0.2) is 5.79 Å². The van der Waals surface area contributed by atoms with Crippen LogP contribution in [-0.4, -0.2) is 44.2 Å². The highest BCUT2D eigenvalue weighted by Crippen LogP contribution is 2.21. The van der Waals surface area contributed by atoms with E-state index in [2.05, 4.69) is 10.6 Å². The molecule has 2 aliphatic rings. The summed E-state index contributed by atoms with van der Waals surface area (Å²) in [4.78, 5) is 0. The highest BCUT2D eigenvalue weighted by molar-refractivity contribution is 4.79. The molecule has 88 valence electrons. The van der Waals surface area contributed by atoms with Crippen molar-refractivity contribution in [2.45, 2.75) is 44.6 Å². The Labute approximate surface area is 91.7 Å². The molecule has 2 unspecified atom stereocenters. The van der Waals surface area contributed by atoms with Crippen LogP contribution in [0, 0.1) is 0 Å². The molecule has 0 saturated carbocycles. The maximum absolute atomic E-state index is 5.73. The Morgan fingerprint density at radius 1 is 1.47 bits per heavy atom. The van der Waals surface area contributed by atoms with Crippen LogP contribution >= 0.6 is 0 Å². The fourth-order valence-corrected chi connectivity index (χ4v) is 2.19. The minimum absolute atomic E-state index is 0.210. The molecular formula is C11H22N2O2. The largest absolute Gasteiger partial charge is 0.348 e. The van der Waals surface area contributed by atoms with Crippen molar-refractivity contribution in [1.29, 1.82) is 0 Å². The summed E-state index contributed by atoms with van der Waals surface area (Å²) in [6.45, 7) is 7.78. The summed E-state index contributed by atoms with van der Waals surface area (Å²) in [5.74, 6) is -0.392. The second kappa shape index (κ2) is 4.78. The Kier molecular flexibility index (Phi) is 3.61. The van der Waals surface area contributed by atoms with Gasteiger partial charge in [0.2, 0.25) is 0 Å². The number of nitrogens with one attached hydrogen (secondary N) is 2. The van der Waals surface area contributed by atoms with E-state index < -0.39 is 5.79 Å². The van der Waals surface area contributed by atoms with Crippen molar-refractivity contribution in [3.05, 3.63) is 0 Å². The summed E-state index contributed by atoms with van der Waals surface area (Å²) < 4.78 is 11.2. The Morgan fingerprint density at radius 2 is 2.33 bits per heavy atom. The predicted molar refractivity (Wildman–Crippen MR) is 58.8 cm³/mol. The summed E-state index contributed by atoms with van der Waals surface area (Å²) in [5.41, 5.74) is 0. The van der Waals surface area contributed by atoms with Crippen LogP contribution in [0.4, 0.5) is 0 Å². The zero-order chi connectivity index (χ0) is 10.7. The van der Waals surface area contributed by atoms with E-state index in [-0.39, 0.29) is 6.10 Å². The number of ether oxygens (including phenoxy) is 2. The predicted octanol–water partition coefficient (Wildman–Crippen LogP) is 0.480. The molecule has 0 aromatic rings. The highest BCUT2D eigenvalue weighted by atomic mass is 16.7. The molecule has 0 aromatic carbocycles. The molecule has 2 fully saturated rings. The smallest absolute Gasteiger partial charge is 0.163 e. The van der Waals surface area contributed by atoms with Crippen molar-refractivity contribution in [2.24, 2.45) is 0 Å². The molecule has 2 atom stereocenters. The molecule has 0 aliphatic carbocycles. The first-order valence-corrected chi connectivity index (χ1v) is 5.91. The van der Waals surface area contributed by atoms with Crippen molar-refractivity contribution < 1.29 is 9.47 Å². The van der Waals surface area contributed by atoms with Gasteiger partial charge in [-0.2, -0.15) is 0 Å². The average Bonchev–Trinajstić information content (AvgIpc) is 2.57. The highest BCUT2D eigenvalue weighted by Gasteiger charge is 2.32. The molecule has 4 nitrogen and oxygen atoms in total. The van der Waals surface area contributed by atoms with Crippen LogP contribution in [-0.2, 0) is 9.47 Å². The van der Waals surface area contributed by atoms with Crippen LogP contribution in [0.25, 0.3) is 0 Å². The lowest BCUT2D eigenvalue weighted by molar-refractivity contribution is -0.137. The van der Waals surface area contributed by atoms with Crippen molar-refractivity contribution >= 4 is 0 Å². The molecule has 2 saturated heterocycles. The molecule has 15 heavy (non-hydrogen) atoms. The molecule has 0 aromatic heterocycles. The summed E-state index contributed by atoms with van der Waals surface area (Å²) in [6, 6.07) is 0.603. The van der Waals surface area contributed by atoms with Gasteiger partial charge in [-0.25, -0.2) is 0 Å². The van der Waals surface area contributed by atoms with E-state index in [0.29, 0.717) is 12.6 Å².